The van der Waals surface area contributed by atoms with Crippen molar-refractivity contribution in [3.63, 3.8) is 0 Å². The summed E-state index contributed by atoms with van der Waals surface area (Å²) >= 11 is 1.27. The van der Waals surface area contributed by atoms with E-state index >= 15 is 0 Å². The molecule has 2 aromatic heterocycles. The van der Waals surface area contributed by atoms with Crippen LogP contribution in [0.2, 0.25) is 0 Å². The number of benzene rings is 1. The highest BCUT2D eigenvalue weighted by atomic mass is 32.1. The molecule has 0 bridgehead atoms. The predicted molar refractivity (Wildman–Crippen MR) is 97.7 cm³/mol. The third kappa shape index (κ3) is 4.43. The first-order valence-corrected chi connectivity index (χ1v) is 8.88. The lowest BCUT2D eigenvalue weighted by molar-refractivity contribution is 0.0954. The highest BCUT2D eigenvalue weighted by molar-refractivity contribution is 7.13. The molecule has 0 spiro atoms. The lowest BCUT2D eigenvalue weighted by Crippen LogP contribution is -2.23. The summed E-state index contributed by atoms with van der Waals surface area (Å²) in [4.78, 5) is 21.4. The van der Waals surface area contributed by atoms with E-state index in [9.17, 15) is 9.18 Å². The molecule has 1 aromatic carbocycles. The average Bonchev–Trinajstić information content (AvgIpc) is 3.01. The minimum atomic E-state index is -0.338. The van der Waals surface area contributed by atoms with Crippen LogP contribution in [0.15, 0.2) is 42.6 Å². The molecule has 1 amide bonds. The standard InChI is InChI=1S/C19H18FN3O2S/c1-12-7-8-15(10-21-12)25-11-17-23-13(2)18(26-17)19(24)22-9-14-5-3-4-6-16(14)20/h3-8,10H,9,11H2,1-2H3,(H,22,24). The van der Waals surface area contributed by atoms with E-state index in [2.05, 4.69) is 15.3 Å². The molecule has 1 N–H and O–H groups in total. The Morgan fingerprint density at radius 1 is 1.23 bits per heavy atom. The van der Waals surface area contributed by atoms with Crippen LogP contribution in [0, 0.1) is 19.7 Å². The van der Waals surface area contributed by atoms with Crippen molar-refractivity contribution in [1.29, 1.82) is 0 Å². The molecule has 134 valence electrons. The van der Waals surface area contributed by atoms with Crippen LogP contribution >= 0.6 is 11.3 Å². The Kier molecular flexibility index (Phi) is 5.58. The highest BCUT2D eigenvalue weighted by Crippen LogP contribution is 2.20. The molecule has 0 radical (unpaired) electrons. The number of ether oxygens (including phenoxy) is 1. The van der Waals surface area contributed by atoms with Gasteiger partial charge in [-0.3, -0.25) is 9.78 Å². The summed E-state index contributed by atoms with van der Waals surface area (Å²) in [6.07, 6.45) is 1.65. The normalized spacial score (nSPS) is 10.6. The number of aromatic nitrogens is 2. The fourth-order valence-corrected chi connectivity index (χ4v) is 3.20. The average molecular weight is 371 g/mol. The maximum Gasteiger partial charge on any atom is 0.263 e. The zero-order valence-corrected chi connectivity index (χ0v) is 15.3. The Labute approximate surface area is 154 Å². The number of hydrogen-bond acceptors (Lipinski definition) is 5. The molecule has 26 heavy (non-hydrogen) atoms. The van der Waals surface area contributed by atoms with Crippen molar-refractivity contribution in [2.24, 2.45) is 0 Å². The molecule has 0 fully saturated rings. The van der Waals surface area contributed by atoms with Gasteiger partial charge in [-0.2, -0.15) is 0 Å². The van der Waals surface area contributed by atoms with Gasteiger partial charge in [-0.05, 0) is 32.0 Å². The number of hydrogen-bond donors (Lipinski definition) is 1. The Morgan fingerprint density at radius 3 is 2.77 bits per heavy atom. The number of carbonyl (C=O) groups excluding carboxylic acids is 1. The quantitative estimate of drug-likeness (QED) is 0.716. The number of aryl methyl sites for hydroxylation is 2. The van der Waals surface area contributed by atoms with Gasteiger partial charge in [0.25, 0.3) is 5.91 Å². The van der Waals surface area contributed by atoms with Gasteiger partial charge in [0, 0.05) is 17.8 Å². The van der Waals surface area contributed by atoms with Gasteiger partial charge in [-0.15, -0.1) is 11.3 Å². The zero-order valence-electron chi connectivity index (χ0n) is 14.5. The van der Waals surface area contributed by atoms with E-state index in [-0.39, 0.29) is 24.9 Å². The second-order valence-electron chi connectivity index (χ2n) is 5.72. The maximum absolute atomic E-state index is 13.6. The first kappa shape index (κ1) is 18.0. The number of amides is 1. The molecule has 2 heterocycles. The second-order valence-corrected chi connectivity index (χ2v) is 6.80. The number of carbonyl (C=O) groups is 1. The minimum Gasteiger partial charge on any atom is -0.485 e. The molecule has 7 heteroatoms. The van der Waals surface area contributed by atoms with E-state index in [1.165, 1.54) is 17.4 Å². The molecule has 0 aliphatic rings. The van der Waals surface area contributed by atoms with Crippen LogP contribution < -0.4 is 10.1 Å². The molecule has 0 aliphatic carbocycles. The van der Waals surface area contributed by atoms with Gasteiger partial charge in [-0.25, -0.2) is 9.37 Å². The highest BCUT2D eigenvalue weighted by Gasteiger charge is 2.16. The summed E-state index contributed by atoms with van der Waals surface area (Å²) in [5.74, 6) is 0.0372. The van der Waals surface area contributed by atoms with Gasteiger partial charge < -0.3 is 10.1 Å². The van der Waals surface area contributed by atoms with Crippen LogP contribution in [0.4, 0.5) is 4.39 Å². The SMILES string of the molecule is Cc1ccc(OCc2nc(C)c(C(=O)NCc3ccccc3F)s2)cn1. The van der Waals surface area contributed by atoms with E-state index < -0.39 is 0 Å². The summed E-state index contributed by atoms with van der Waals surface area (Å²) in [7, 11) is 0. The van der Waals surface area contributed by atoms with E-state index in [1.807, 2.05) is 19.1 Å². The predicted octanol–water partition coefficient (Wildman–Crippen LogP) is 3.80. The molecule has 3 rings (SSSR count). The molecular weight excluding hydrogens is 353 g/mol. The van der Waals surface area contributed by atoms with Crippen LogP contribution in [0.5, 0.6) is 5.75 Å². The van der Waals surface area contributed by atoms with Crippen molar-refractivity contribution < 1.29 is 13.9 Å². The van der Waals surface area contributed by atoms with Crippen molar-refractivity contribution in [2.75, 3.05) is 0 Å². The largest absolute Gasteiger partial charge is 0.485 e. The van der Waals surface area contributed by atoms with Crippen molar-refractivity contribution in [3.05, 3.63) is 75.2 Å². The molecule has 0 unspecified atom stereocenters. The van der Waals surface area contributed by atoms with Gasteiger partial charge in [-0.1, -0.05) is 18.2 Å². The van der Waals surface area contributed by atoms with E-state index in [4.69, 9.17) is 4.74 Å². The van der Waals surface area contributed by atoms with E-state index in [1.54, 1.807) is 31.3 Å². The number of pyridine rings is 1. The smallest absolute Gasteiger partial charge is 0.263 e. The Morgan fingerprint density at radius 2 is 2.04 bits per heavy atom. The number of nitrogens with zero attached hydrogens (tertiary/aromatic N) is 2. The van der Waals surface area contributed by atoms with Crippen LogP contribution in [0.25, 0.3) is 0 Å². The lowest BCUT2D eigenvalue weighted by Gasteiger charge is -2.05. The van der Waals surface area contributed by atoms with Gasteiger partial charge in [0.05, 0.1) is 11.9 Å². The zero-order chi connectivity index (χ0) is 18.5. The monoisotopic (exact) mass is 371 g/mol. The number of rotatable bonds is 6. The van der Waals surface area contributed by atoms with Gasteiger partial charge in [0.1, 0.15) is 28.1 Å². The summed E-state index contributed by atoms with van der Waals surface area (Å²) in [6, 6.07) is 10.1. The second kappa shape index (κ2) is 8.05. The van der Waals surface area contributed by atoms with Crippen molar-refractivity contribution in [3.8, 4) is 5.75 Å². The van der Waals surface area contributed by atoms with E-state index in [0.29, 0.717) is 26.9 Å². The molecular formula is C19H18FN3O2S. The Bertz CT molecular complexity index is 909. The van der Waals surface area contributed by atoms with E-state index in [0.717, 1.165) is 5.69 Å². The van der Waals surface area contributed by atoms with Crippen LogP contribution in [0.1, 0.15) is 31.6 Å². The summed E-state index contributed by atoms with van der Waals surface area (Å²) in [5, 5.41) is 3.42. The van der Waals surface area contributed by atoms with Crippen LogP contribution in [-0.2, 0) is 13.2 Å². The fraction of sp³-hybridized carbons (Fsp3) is 0.211. The molecule has 3 aromatic rings. The molecule has 0 saturated heterocycles. The van der Waals surface area contributed by atoms with Crippen molar-refractivity contribution in [2.45, 2.75) is 27.0 Å². The first-order chi connectivity index (χ1) is 12.5. The molecule has 0 saturated carbocycles. The number of halogens is 1. The number of thiazole rings is 1. The van der Waals surface area contributed by atoms with Gasteiger partial charge in [0.2, 0.25) is 0 Å². The molecule has 0 aliphatic heterocycles. The molecule has 0 atom stereocenters. The first-order valence-electron chi connectivity index (χ1n) is 8.06. The Hall–Kier alpha value is -2.80. The minimum absolute atomic E-state index is 0.129. The topological polar surface area (TPSA) is 64.1 Å². The van der Waals surface area contributed by atoms with Gasteiger partial charge >= 0.3 is 0 Å². The fourth-order valence-electron chi connectivity index (χ4n) is 2.31. The summed E-state index contributed by atoms with van der Waals surface area (Å²) < 4.78 is 19.3. The summed E-state index contributed by atoms with van der Waals surface area (Å²) in [5.41, 5.74) is 1.98. The van der Waals surface area contributed by atoms with Crippen LogP contribution in [0.3, 0.4) is 0 Å². The van der Waals surface area contributed by atoms with Crippen LogP contribution in [-0.4, -0.2) is 15.9 Å². The maximum atomic E-state index is 13.6. The third-order valence-corrected chi connectivity index (χ3v) is 4.82. The Balaban J connectivity index is 1.61. The molecule has 5 nitrogen and oxygen atoms in total. The van der Waals surface area contributed by atoms with Gasteiger partial charge in [0.15, 0.2) is 0 Å². The lowest BCUT2D eigenvalue weighted by atomic mass is 10.2. The third-order valence-electron chi connectivity index (χ3n) is 3.69. The van der Waals surface area contributed by atoms with Crippen molar-refractivity contribution >= 4 is 17.2 Å². The summed E-state index contributed by atoms with van der Waals surface area (Å²) in [6.45, 7) is 4.06. The number of nitrogens with one attached hydrogen (secondary N) is 1. The van der Waals surface area contributed by atoms with Crippen molar-refractivity contribution in [1.82, 2.24) is 15.3 Å².